The zero-order valence-electron chi connectivity index (χ0n) is 11.5. The Morgan fingerprint density at radius 2 is 2.20 bits per heavy atom. The van der Waals surface area contributed by atoms with Gasteiger partial charge < -0.3 is 5.32 Å². The maximum atomic E-state index is 12.5. The fraction of sp³-hybridized carbons (Fsp3) is 0.364. The molecule has 0 aromatic carbocycles. The van der Waals surface area contributed by atoms with E-state index in [4.69, 9.17) is 0 Å². The maximum absolute atomic E-state index is 12.5. The van der Waals surface area contributed by atoms with Gasteiger partial charge in [0.15, 0.2) is 5.82 Å². The van der Waals surface area contributed by atoms with Crippen LogP contribution in [0.3, 0.4) is 0 Å². The predicted octanol–water partition coefficient (Wildman–Crippen LogP) is 0.371. The molecule has 0 spiro atoms. The van der Waals surface area contributed by atoms with E-state index in [-0.39, 0.29) is 11.4 Å². The fourth-order valence-corrected chi connectivity index (χ4v) is 2.97. The molecular formula is C11H16N6O2S. The van der Waals surface area contributed by atoms with Gasteiger partial charge in [-0.2, -0.15) is 9.40 Å². The molecule has 108 valence electrons. The van der Waals surface area contributed by atoms with E-state index in [0.29, 0.717) is 17.5 Å². The number of rotatable bonds is 5. The molecule has 9 heteroatoms. The number of nitrogens with one attached hydrogen (secondary N) is 2. The van der Waals surface area contributed by atoms with Crippen LogP contribution in [-0.2, 0) is 16.6 Å². The van der Waals surface area contributed by atoms with Gasteiger partial charge in [0.05, 0.1) is 6.54 Å². The minimum absolute atomic E-state index is 0.0880. The quantitative estimate of drug-likeness (QED) is 0.826. The number of anilines is 1. The molecule has 2 N–H and O–H groups in total. The molecule has 0 aliphatic carbocycles. The Kier molecular flexibility index (Phi) is 4.00. The van der Waals surface area contributed by atoms with Gasteiger partial charge in [0, 0.05) is 20.3 Å². The van der Waals surface area contributed by atoms with Crippen molar-refractivity contribution < 1.29 is 8.42 Å². The molecule has 2 aromatic heterocycles. The van der Waals surface area contributed by atoms with Crippen LogP contribution in [0.1, 0.15) is 11.6 Å². The molecular weight excluding hydrogens is 280 g/mol. The van der Waals surface area contributed by atoms with Crippen LogP contribution in [0.25, 0.3) is 0 Å². The second kappa shape index (κ2) is 5.55. The van der Waals surface area contributed by atoms with Crippen LogP contribution in [0, 0.1) is 6.92 Å². The summed E-state index contributed by atoms with van der Waals surface area (Å²) in [7, 11) is -0.552. The van der Waals surface area contributed by atoms with Gasteiger partial charge in [0.25, 0.3) is 0 Å². The van der Waals surface area contributed by atoms with Gasteiger partial charge in [-0.05, 0) is 19.1 Å². The van der Waals surface area contributed by atoms with Crippen LogP contribution < -0.4 is 5.32 Å². The van der Waals surface area contributed by atoms with Gasteiger partial charge in [-0.1, -0.05) is 0 Å². The average Bonchev–Trinajstić information content (AvgIpc) is 2.84. The van der Waals surface area contributed by atoms with Crippen molar-refractivity contribution in [3.63, 3.8) is 0 Å². The second-order valence-electron chi connectivity index (χ2n) is 4.20. The van der Waals surface area contributed by atoms with Gasteiger partial charge in [-0.25, -0.2) is 18.4 Å². The summed E-state index contributed by atoms with van der Waals surface area (Å²) in [5, 5.41) is 9.38. The third-order valence-electron chi connectivity index (χ3n) is 2.70. The lowest BCUT2D eigenvalue weighted by molar-refractivity contribution is 0.457. The van der Waals surface area contributed by atoms with Gasteiger partial charge in [0.1, 0.15) is 16.5 Å². The molecule has 2 heterocycles. The molecule has 0 saturated carbocycles. The number of hydrogen-bond acceptors (Lipinski definition) is 6. The molecule has 8 nitrogen and oxygen atoms in total. The molecule has 0 unspecified atom stereocenters. The van der Waals surface area contributed by atoms with E-state index in [2.05, 4.69) is 25.5 Å². The molecule has 20 heavy (non-hydrogen) atoms. The smallest absolute Gasteiger partial charge is 0.246 e. The van der Waals surface area contributed by atoms with Crippen LogP contribution in [0.15, 0.2) is 23.2 Å². The van der Waals surface area contributed by atoms with Crippen molar-refractivity contribution >= 4 is 15.8 Å². The van der Waals surface area contributed by atoms with E-state index in [1.165, 1.54) is 23.6 Å². The SMILES string of the molecule is CNc1ncccc1S(=O)(=O)N(C)Cc1n[nH]c(C)n1. The molecule has 0 radical (unpaired) electrons. The standard InChI is InChI=1S/C11H16N6O2S/c1-8-14-10(16-15-8)7-17(3)20(18,19)9-5-4-6-13-11(9)12-2/h4-6H,7H2,1-3H3,(H,12,13)(H,14,15,16). The number of sulfonamides is 1. The molecule has 0 amide bonds. The van der Waals surface area contributed by atoms with Crippen molar-refractivity contribution in [1.29, 1.82) is 0 Å². The zero-order valence-corrected chi connectivity index (χ0v) is 12.3. The lowest BCUT2D eigenvalue weighted by Crippen LogP contribution is -2.27. The predicted molar refractivity (Wildman–Crippen MR) is 73.6 cm³/mol. The second-order valence-corrected chi connectivity index (χ2v) is 6.21. The van der Waals surface area contributed by atoms with Crippen LogP contribution in [0.4, 0.5) is 5.82 Å². The third-order valence-corrected chi connectivity index (χ3v) is 4.54. The van der Waals surface area contributed by atoms with E-state index < -0.39 is 10.0 Å². The summed E-state index contributed by atoms with van der Waals surface area (Å²) in [5.74, 6) is 1.37. The number of aromatic amines is 1. The summed E-state index contributed by atoms with van der Waals surface area (Å²) in [6.07, 6.45) is 1.53. The van der Waals surface area contributed by atoms with Gasteiger partial charge in [0.2, 0.25) is 10.0 Å². The number of aromatic nitrogens is 4. The lowest BCUT2D eigenvalue weighted by atomic mass is 10.5. The summed E-state index contributed by atoms with van der Waals surface area (Å²) < 4.78 is 26.2. The highest BCUT2D eigenvalue weighted by molar-refractivity contribution is 7.89. The highest BCUT2D eigenvalue weighted by Crippen LogP contribution is 2.21. The summed E-state index contributed by atoms with van der Waals surface area (Å²) in [4.78, 5) is 8.22. The number of aryl methyl sites for hydroxylation is 1. The van der Waals surface area contributed by atoms with Gasteiger partial charge >= 0.3 is 0 Å². The summed E-state index contributed by atoms with van der Waals surface area (Å²) in [5.41, 5.74) is 0. The topological polar surface area (TPSA) is 104 Å². The Morgan fingerprint density at radius 3 is 2.80 bits per heavy atom. The zero-order chi connectivity index (χ0) is 14.8. The molecule has 0 aliphatic rings. The van der Waals surface area contributed by atoms with Gasteiger partial charge in [-0.3, -0.25) is 5.10 Å². The minimum Gasteiger partial charge on any atom is -0.372 e. The van der Waals surface area contributed by atoms with Crippen LogP contribution >= 0.6 is 0 Å². The largest absolute Gasteiger partial charge is 0.372 e. The van der Waals surface area contributed by atoms with Crippen molar-refractivity contribution in [2.45, 2.75) is 18.4 Å². The van der Waals surface area contributed by atoms with E-state index in [1.54, 1.807) is 20.0 Å². The first-order valence-electron chi connectivity index (χ1n) is 5.92. The van der Waals surface area contributed by atoms with E-state index in [1.807, 2.05) is 0 Å². The molecule has 0 atom stereocenters. The normalized spacial score (nSPS) is 11.8. The van der Waals surface area contributed by atoms with Crippen molar-refractivity contribution in [2.24, 2.45) is 0 Å². The van der Waals surface area contributed by atoms with E-state index in [9.17, 15) is 8.42 Å². The summed E-state index contributed by atoms with van der Waals surface area (Å²) in [6.45, 7) is 1.84. The Morgan fingerprint density at radius 1 is 1.45 bits per heavy atom. The molecule has 0 saturated heterocycles. The highest BCUT2D eigenvalue weighted by atomic mass is 32.2. The van der Waals surface area contributed by atoms with Crippen LogP contribution in [0.5, 0.6) is 0 Å². The number of hydrogen-bond donors (Lipinski definition) is 2. The number of pyridine rings is 1. The van der Waals surface area contributed by atoms with Crippen molar-refractivity contribution in [3.05, 3.63) is 30.0 Å². The summed E-state index contributed by atoms with van der Waals surface area (Å²) >= 11 is 0. The Bertz CT molecular complexity index is 696. The van der Waals surface area contributed by atoms with Crippen molar-refractivity contribution in [3.8, 4) is 0 Å². The number of H-pyrrole nitrogens is 1. The van der Waals surface area contributed by atoms with Crippen molar-refractivity contribution in [1.82, 2.24) is 24.5 Å². The Hall–Kier alpha value is -2.00. The van der Waals surface area contributed by atoms with Gasteiger partial charge in [-0.15, -0.1) is 0 Å². The summed E-state index contributed by atoms with van der Waals surface area (Å²) in [6, 6.07) is 3.09. The third kappa shape index (κ3) is 2.78. The van der Waals surface area contributed by atoms with Crippen molar-refractivity contribution in [2.75, 3.05) is 19.4 Å². The van der Waals surface area contributed by atoms with Crippen LogP contribution in [0.2, 0.25) is 0 Å². The Labute approximate surface area is 117 Å². The first kappa shape index (κ1) is 14.4. The van der Waals surface area contributed by atoms with Crippen LogP contribution in [-0.4, -0.2) is 47.0 Å². The minimum atomic E-state index is -3.66. The Balaban J connectivity index is 2.29. The first-order chi connectivity index (χ1) is 9.45. The first-order valence-corrected chi connectivity index (χ1v) is 7.36. The molecule has 2 aromatic rings. The fourth-order valence-electron chi connectivity index (χ4n) is 1.70. The highest BCUT2D eigenvalue weighted by Gasteiger charge is 2.25. The molecule has 2 rings (SSSR count). The number of nitrogens with zero attached hydrogens (tertiary/aromatic N) is 4. The van der Waals surface area contributed by atoms with E-state index in [0.717, 1.165) is 0 Å². The maximum Gasteiger partial charge on any atom is 0.246 e. The monoisotopic (exact) mass is 296 g/mol. The lowest BCUT2D eigenvalue weighted by Gasteiger charge is -2.17. The molecule has 0 bridgehead atoms. The molecule has 0 fully saturated rings. The average molecular weight is 296 g/mol. The molecule has 0 aliphatic heterocycles. The van der Waals surface area contributed by atoms with E-state index >= 15 is 0 Å².